The summed E-state index contributed by atoms with van der Waals surface area (Å²) >= 11 is 0. The topological polar surface area (TPSA) is 42.4 Å². The normalized spacial score (nSPS) is 14.6. The van der Waals surface area contributed by atoms with E-state index in [9.17, 15) is 5.11 Å². The molecule has 0 aromatic carbocycles. The summed E-state index contributed by atoms with van der Waals surface area (Å²) in [5.74, 6) is 0. The van der Waals surface area contributed by atoms with Crippen molar-refractivity contribution in [1.29, 1.82) is 0 Å². The van der Waals surface area contributed by atoms with E-state index in [4.69, 9.17) is 4.74 Å². The second-order valence-corrected chi connectivity index (χ2v) is 4.49. The number of methoxy groups -OCH3 is 1. The van der Waals surface area contributed by atoms with Crippen LogP contribution in [0.3, 0.4) is 0 Å². The van der Waals surface area contributed by atoms with Crippen LogP contribution in [-0.4, -0.2) is 29.4 Å². The second kappa shape index (κ2) is 7.41. The molecule has 0 bridgehead atoms. The number of pyridine rings is 1. The van der Waals surface area contributed by atoms with E-state index < -0.39 is 0 Å². The lowest BCUT2D eigenvalue weighted by molar-refractivity contribution is 0.0849. The zero-order valence-corrected chi connectivity index (χ0v) is 11.0. The van der Waals surface area contributed by atoms with Gasteiger partial charge in [0.1, 0.15) is 0 Å². The molecule has 3 heteroatoms. The SMILES string of the molecule is CCc1ccc(CC(O)CCC(C)OC)nc1. The summed E-state index contributed by atoms with van der Waals surface area (Å²) < 4.78 is 5.15. The van der Waals surface area contributed by atoms with E-state index >= 15 is 0 Å². The van der Waals surface area contributed by atoms with Gasteiger partial charge in [-0.3, -0.25) is 4.98 Å². The van der Waals surface area contributed by atoms with Gasteiger partial charge in [-0.2, -0.15) is 0 Å². The van der Waals surface area contributed by atoms with Gasteiger partial charge in [-0.05, 0) is 37.8 Å². The predicted molar refractivity (Wildman–Crippen MR) is 69.0 cm³/mol. The summed E-state index contributed by atoms with van der Waals surface area (Å²) in [5.41, 5.74) is 2.19. The molecule has 0 aliphatic rings. The molecule has 0 aliphatic heterocycles. The molecule has 17 heavy (non-hydrogen) atoms. The van der Waals surface area contributed by atoms with Crippen LogP contribution in [0.4, 0.5) is 0 Å². The van der Waals surface area contributed by atoms with E-state index in [-0.39, 0.29) is 12.2 Å². The fourth-order valence-corrected chi connectivity index (χ4v) is 1.67. The van der Waals surface area contributed by atoms with Gasteiger partial charge < -0.3 is 9.84 Å². The second-order valence-electron chi connectivity index (χ2n) is 4.49. The van der Waals surface area contributed by atoms with E-state index in [2.05, 4.69) is 18.0 Å². The number of aryl methyl sites for hydroxylation is 1. The smallest absolute Gasteiger partial charge is 0.0596 e. The first-order valence-electron chi connectivity index (χ1n) is 6.30. The van der Waals surface area contributed by atoms with Crippen LogP contribution in [0.15, 0.2) is 18.3 Å². The number of aromatic nitrogens is 1. The predicted octanol–water partition coefficient (Wildman–Crippen LogP) is 2.36. The molecule has 0 radical (unpaired) electrons. The van der Waals surface area contributed by atoms with Crippen LogP contribution >= 0.6 is 0 Å². The molecule has 96 valence electrons. The minimum atomic E-state index is -0.326. The Morgan fingerprint density at radius 1 is 1.35 bits per heavy atom. The first-order valence-corrected chi connectivity index (χ1v) is 6.30. The maximum absolute atomic E-state index is 9.88. The molecule has 3 nitrogen and oxygen atoms in total. The molecule has 0 saturated carbocycles. The van der Waals surface area contributed by atoms with Gasteiger partial charge in [-0.25, -0.2) is 0 Å². The lowest BCUT2D eigenvalue weighted by atomic mass is 10.1. The van der Waals surface area contributed by atoms with Crippen molar-refractivity contribution in [3.05, 3.63) is 29.6 Å². The average Bonchev–Trinajstić information content (AvgIpc) is 2.36. The Morgan fingerprint density at radius 2 is 2.12 bits per heavy atom. The van der Waals surface area contributed by atoms with Gasteiger partial charge in [0.15, 0.2) is 0 Å². The number of rotatable bonds is 7. The van der Waals surface area contributed by atoms with E-state index in [0.29, 0.717) is 6.42 Å². The van der Waals surface area contributed by atoms with Gasteiger partial charge in [0.2, 0.25) is 0 Å². The van der Waals surface area contributed by atoms with Crippen LogP contribution < -0.4 is 0 Å². The zero-order valence-electron chi connectivity index (χ0n) is 11.0. The zero-order chi connectivity index (χ0) is 12.7. The summed E-state index contributed by atoms with van der Waals surface area (Å²) in [4.78, 5) is 4.35. The third kappa shape index (κ3) is 5.29. The molecular weight excluding hydrogens is 214 g/mol. The highest BCUT2D eigenvalue weighted by molar-refractivity contribution is 5.14. The molecule has 1 rings (SSSR count). The largest absolute Gasteiger partial charge is 0.393 e. The van der Waals surface area contributed by atoms with Gasteiger partial charge >= 0.3 is 0 Å². The summed E-state index contributed by atoms with van der Waals surface area (Å²) in [7, 11) is 1.70. The van der Waals surface area contributed by atoms with Crippen molar-refractivity contribution in [1.82, 2.24) is 4.98 Å². The van der Waals surface area contributed by atoms with Crippen LogP contribution in [0.2, 0.25) is 0 Å². The molecule has 0 saturated heterocycles. The Morgan fingerprint density at radius 3 is 2.65 bits per heavy atom. The van der Waals surface area contributed by atoms with Crippen molar-refractivity contribution in [3.63, 3.8) is 0 Å². The van der Waals surface area contributed by atoms with Crippen LogP contribution in [0.1, 0.15) is 37.9 Å². The quantitative estimate of drug-likeness (QED) is 0.791. The first kappa shape index (κ1) is 14.1. The molecule has 1 N–H and O–H groups in total. The van der Waals surface area contributed by atoms with Crippen molar-refractivity contribution < 1.29 is 9.84 Å². The number of aliphatic hydroxyl groups excluding tert-OH is 1. The number of hydrogen-bond donors (Lipinski definition) is 1. The monoisotopic (exact) mass is 237 g/mol. The van der Waals surface area contributed by atoms with Crippen LogP contribution in [-0.2, 0) is 17.6 Å². The van der Waals surface area contributed by atoms with Crippen LogP contribution in [0.25, 0.3) is 0 Å². The van der Waals surface area contributed by atoms with Gasteiger partial charge in [-0.15, -0.1) is 0 Å². The maximum Gasteiger partial charge on any atom is 0.0596 e. The van der Waals surface area contributed by atoms with Crippen LogP contribution in [0.5, 0.6) is 0 Å². The standard InChI is InChI=1S/C14H23NO2/c1-4-12-6-7-13(15-10-12)9-14(16)8-5-11(2)17-3/h6-7,10-11,14,16H,4-5,8-9H2,1-3H3. The Balaban J connectivity index is 2.36. The highest BCUT2D eigenvalue weighted by atomic mass is 16.5. The maximum atomic E-state index is 9.88. The molecule has 2 unspecified atom stereocenters. The van der Waals surface area contributed by atoms with Gasteiger partial charge in [-0.1, -0.05) is 13.0 Å². The van der Waals surface area contributed by atoms with Crippen molar-refractivity contribution in [2.24, 2.45) is 0 Å². The summed E-state index contributed by atoms with van der Waals surface area (Å²) in [6.45, 7) is 4.12. The van der Waals surface area contributed by atoms with Crippen molar-refractivity contribution in [2.75, 3.05) is 7.11 Å². The molecule has 0 aliphatic carbocycles. The van der Waals surface area contributed by atoms with E-state index in [1.54, 1.807) is 7.11 Å². The van der Waals surface area contributed by atoms with Gasteiger partial charge in [0.25, 0.3) is 0 Å². The van der Waals surface area contributed by atoms with E-state index in [1.165, 1.54) is 5.56 Å². The summed E-state index contributed by atoms with van der Waals surface area (Å²) in [6.07, 6.45) is 5.03. The van der Waals surface area contributed by atoms with Gasteiger partial charge in [0, 0.05) is 25.4 Å². The number of nitrogens with zero attached hydrogens (tertiary/aromatic N) is 1. The lowest BCUT2D eigenvalue weighted by Gasteiger charge is -2.13. The number of hydrogen-bond acceptors (Lipinski definition) is 3. The highest BCUT2D eigenvalue weighted by Crippen LogP contribution is 2.09. The Bertz CT molecular complexity index is 311. The molecule has 0 spiro atoms. The van der Waals surface area contributed by atoms with Crippen molar-refractivity contribution >= 4 is 0 Å². The molecular formula is C14H23NO2. The third-order valence-corrected chi connectivity index (χ3v) is 3.05. The number of aliphatic hydroxyl groups is 1. The van der Waals surface area contributed by atoms with Crippen molar-refractivity contribution in [2.45, 2.75) is 51.7 Å². The van der Waals surface area contributed by atoms with Crippen LogP contribution in [0, 0.1) is 0 Å². The minimum absolute atomic E-state index is 0.208. The Kier molecular flexibility index (Phi) is 6.16. The molecule has 1 aromatic rings. The fourth-order valence-electron chi connectivity index (χ4n) is 1.67. The summed E-state index contributed by atoms with van der Waals surface area (Å²) in [5, 5.41) is 9.88. The number of ether oxygens (including phenoxy) is 1. The third-order valence-electron chi connectivity index (χ3n) is 3.05. The molecule has 1 heterocycles. The molecule has 0 fully saturated rings. The van der Waals surface area contributed by atoms with Gasteiger partial charge in [0.05, 0.1) is 12.2 Å². The van der Waals surface area contributed by atoms with E-state index in [0.717, 1.165) is 25.0 Å². The summed E-state index contributed by atoms with van der Waals surface area (Å²) in [6, 6.07) is 4.08. The van der Waals surface area contributed by atoms with Crippen molar-refractivity contribution in [3.8, 4) is 0 Å². The lowest BCUT2D eigenvalue weighted by Crippen LogP contribution is -2.15. The fraction of sp³-hybridized carbons (Fsp3) is 0.643. The highest BCUT2D eigenvalue weighted by Gasteiger charge is 2.09. The molecule has 0 amide bonds. The first-order chi connectivity index (χ1) is 8.15. The Hall–Kier alpha value is -0.930. The average molecular weight is 237 g/mol. The molecule has 1 aromatic heterocycles. The molecule has 2 atom stereocenters. The van der Waals surface area contributed by atoms with E-state index in [1.807, 2.05) is 19.2 Å². The minimum Gasteiger partial charge on any atom is -0.393 e. The Labute approximate surface area is 104 Å².